The molecule has 0 aromatic rings. The summed E-state index contributed by atoms with van der Waals surface area (Å²) in [4.78, 5) is 10.6. The number of carbonyl (C=O) groups excluding carboxylic acids is 1. The standard InChI is InChI=1S/C7H17N3O/c1-2-5-9-6-3-4-7(11)10-8/h9H,2-6,8H2,1H3,(H,10,11). The van der Waals surface area contributed by atoms with Crippen LogP contribution in [-0.4, -0.2) is 19.0 Å². The van der Waals surface area contributed by atoms with Gasteiger partial charge in [0.2, 0.25) is 5.91 Å². The van der Waals surface area contributed by atoms with E-state index in [0.29, 0.717) is 6.42 Å². The molecule has 0 radical (unpaired) electrons. The summed E-state index contributed by atoms with van der Waals surface area (Å²) in [6.07, 6.45) is 2.49. The number of nitrogens with one attached hydrogen (secondary N) is 2. The fourth-order valence-electron chi connectivity index (χ4n) is 0.748. The number of nitrogens with two attached hydrogens (primary N) is 1. The first-order valence-electron chi connectivity index (χ1n) is 4.01. The number of hydrazine groups is 1. The highest BCUT2D eigenvalue weighted by molar-refractivity contribution is 5.75. The Morgan fingerprint density at radius 2 is 2.18 bits per heavy atom. The van der Waals surface area contributed by atoms with Gasteiger partial charge in [-0.25, -0.2) is 5.84 Å². The maximum absolute atomic E-state index is 10.6. The monoisotopic (exact) mass is 159 g/mol. The van der Waals surface area contributed by atoms with Crippen molar-refractivity contribution in [3.05, 3.63) is 0 Å². The predicted molar refractivity (Wildman–Crippen MR) is 44.7 cm³/mol. The van der Waals surface area contributed by atoms with Gasteiger partial charge >= 0.3 is 0 Å². The Morgan fingerprint density at radius 1 is 1.45 bits per heavy atom. The van der Waals surface area contributed by atoms with Crippen LogP contribution in [0.3, 0.4) is 0 Å². The zero-order valence-corrected chi connectivity index (χ0v) is 7.02. The molecule has 11 heavy (non-hydrogen) atoms. The lowest BCUT2D eigenvalue weighted by Gasteiger charge is -2.01. The molecule has 0 aliphatic carbocycles. The molecular weight excluding hydrogens is 142 g/mol. The van der Waals surface area contributed by atoms with Crippen molar-refractivity contribution < 1.29 is 4.79 Å². The zero-order valence-electron chi connectivity index (χ0n) is 7.02. The summed E-state index contributed by atoms with van der Waals surface area (Å²) in [5.74, 6) is 4.80. The summed E-state index contributed by atoms with van der Waals surface area (Å²) in [5, 5.41) is 3.19. The second-order valence-corrected chi connectivity index (χ2v) is 2.42. The molecule has 0 fully saturated rings. The first-order valence-corrected chi connectivity index (χ1v) is 4.01. The number of hydrogen-bond donors (Lipinski definition) is 3. The number of carbonyl (C=O) groups is 1. The lowest BCUT2D eigenvalue weighted by atomic mass is 10.3. The van der Waals surface area contributed by atoms with Crippen LogP contribution < -0.4 is 16.6 Å². The molecule has 1 amide bonds. The van der Waals surface area contributed by atoms with Gasteiger partial charge in [0.15, 0.2) is 0 Å². The molecule has 0 bridgehead atoms. The van der Waals surface area contributed by atoms with Crippen LogP contribution in [0.15, 0.2) is 0 Å². The Morgan fingerprint density at radius 3 is 2.73 bits per heavy atom. The molecule has 4 nitrogen and oxygen atoms in total. The van der Waals surface area contributed by atoms with Crippen molar-refractivity contribution in [2.75, 3.05) is 13.1 Å². The molecule has 66 valence electrons. The van der Waals surface area contributed by atoms with E-state index in [4.69, 9.17) is 5.84 Å². The second-order valence-electron chi connectivity index (χ2n) is 2.42. The van der Waals surface area contributed by atoms with Crippen LogP contribution in [0.1, 0.15) is 26.2 Å². The van der Waals surface area contributed by atoms with E-state index in [9.17, 15) is 4.79 Å². The smallest absolute Gasteiger partial charge is 0.233 e. The first kappa shape index (κ1) is 10.4. The van der Waals surface area contributed by atoms with Crippen LogP contribution in [0, 0.1) is 0 Å². The van der Waals surface area contributed by atoms with Gasteiger partial charge in [-0.2, -0.15) is 0 Å². The third-order valence-electron chi connectivity index (χ3n) is 1.35. The van der Waals surface area contributed by atoms with Crippen LogP contribution in [-0.2, 0) is 4.79 Å². The summed E-state index contributed by atoms with van der Waals surface area (Å²) in [7, 11) is 0. The van der Waals surface area contributed by atoms with Crippen LogP contribution in [0.25, 0.3) is 0 Å². The summed E-state index contributed by atoms with van der Waals surface area (Å²) in [5.41, 5.74) is 2.09. The van der Waals surface area contributed by atoms with Crippen molar-refractivity contribution in [3.8, 4) is 0 Å². The highest BCUT2D eigenvalue weighted by Gasteiger charge is 1.95. The van der Waals surface area contributed by atoms with E-state index in [2.05, 4.69) is 17.7 Å². The fourth-order valence-corrected chi connectivity index (χ4v) is 0.748. The molecule has 0 aromatic heterocycles. The third-order valence-corrected chi connectivity index (χ3v) is 1.35. The molecule has 0 aliphatic rings. The van der Waals surface area contributed by atoms with Crippen LogP contribution in [0.2, 0.25) is 0 Å². The highest BCUT2D eigenvalue weighted by Crippen LogP contribution is 1.85. The van der Waals surface area contributed by atoms with Gasteiger partial charge in [-0.3, -0.25) is 10.2 Å². The van der Waals surface area contributed by atoms with E-state index in [1.807, 2.05) is 0 Å². The predicted octanol–water partition coefficient (Wildman–Crippen LogP) is -0.244. The maximum Gasteiger partial charge on any atom is 0.233 e. The van der Waals surface area contributed by atoms with Crippen LogP contribution in [0.5, 0.6) is 0 Å². The molecule has 0 saturated carbocycles. The number of rotatable bonds is 6. The zero-order chi connectivity index (χ0) is 8.53. The van der Waals surface area contributed by atoms with Gasteiger partial charge in [0.1, 0.15) is 0 Å². The number of amides is 1. The SMILES string of the molecule is CCCNCCCC(=O)NN. The molecule has 0 aromatic carbocycles. The number of hydrogen-bond acceptors (Lipinski definition) is 3. The fraction of sp³-hybridized carbons (Fsp3) is 0.857. The van der Waals surface area contributed by atoms with Crippen molar-refractivity contribution in [1.29, 1.82) is 0 Å². The Balaban J connectivity index is 2.95. The molecule has 4 N–H and O–H groups in total. The molecule has 0 unspecified atom stereocenters. The Kier molecular flexibility index (Phi) is 7.08. The quantitative estimate of drug-likeness (QED) is 0.217. The van der Waals surface area contributed by atoms with E-state index >= 15 is 0 Å². The second kappa shape index (κ2) is 7.50. The first-order chi connectivity index (χ1) is 5.31. The van der Waals surface area contributed by atoms with Crippen LogP contribution in [0.4, 0.5) is 0 Å². The van der Waals surface area contributed by atoms with Crippen molar-refractivity contribution in [3.63, 3.8) is 0 Å². The van der Waals surface area contributed by atoms with E-state index in [1.54, 1.807) is 0 Å². The Labute approximate surface area is 67.5 Å². The minimum Gasteiger partial charge on any atom is -0.317 e. The molecule has 0 atom stereocenters. The van der Waals surface area contributed by atoms with Crippen molar-refractivity contribution in [2.45, 2.75) is 26.2 Å². The lowest BCUT2D eigenvalue weighted by molar-refractivity contribution is -0.121. The van der Waals surface area contributed by atoms with Crippen LogP contribution >= 0.6 is 0 Å². The Hall–Kier alpha value is -0.610. The average molecular weight is 159 g/mol. The van der Waals surface area contributed by atoms with Crippen molar-refractivity contribution in [1.82, 2.24) is 10.7 Å². The Bertz CT molecular complexity index is 106. The molecule has 0 rings (SSSR count). The topological polar surface area (TPSA) is 67.2 Å². The summed E-state index contributed by atoms with van der Waals surface area (Å²) < 4.78 is 0. The van der Waals surface area contributed by atoms with Crippen molar-refractivity contribution in [2.24, 2.45) is 5.84 Å². The van der Waals surface area contributed by atoms with Gasteiger partial charge in [-0.15, -0.1) is 0 Å². The largest absolute Gasteiger partial charge is 0.317 e. The summed E-state index contributed by atoms with van der Waals surface area (Å²) in [6.45, 7) is 4.02. The van der Waals surface area contributed by atoms with Gasteiger partial charge in [0.25, 0.3) is 0 Å². The normalized spacial score (nSPS) is 9.64. The van der Waals surface area contributed by atoms with E-state index in [0.717, 1.165) is 25.9 Å². The van der Waals surface area contributed by atoms with Gasteiger partial charge in [-0.05, 0) is 25.9 Å². The minimum absolute atomic E-state index is 0.0942. The molecular formula is C7H17N3O. The molecule has 0 heterocycles. The summed E-state index contributed by atoms with van der Waals surface area (Å²) in [6, 6.07) is 0. The van der Waals surface area contributed by atoms with Gasteiger partial charge < -0.3 is 5.32 Å². The van der Waals surface area contributed by atoms with Gasteiger partial charge in [0.05, 0.1) is 0 Å². The van der Waals surface area contributed by atoms with Gasteiger partial charge in [0, 0.05) is 6.42 Å². The van der Waals surface area contributed by atoms with E-state index in [-0.39, 0.29) is 5.91 Å². The molecule has 0 spiro atoms. The lowest BCUT2D eigenvalue weighted by Crippen LogP contribution is -2.30. The van der Waals surface area contributed by atoms with E-state index < -0.39 is 0 Å². The molecule has 4 heteroatoms. The minimum atomic E-state index is -0.0942. The van der Waals surface area contributed by atoms with E-state index in [1.165, 1.54) is 0 Å². The van der Waals surface area contributed by atoms with Crippen molar-refractivity contribution >= 4 is 5.91 Å². The molecule has 0 saturated heterocycles. The third kappa shape index (κ3) is 7.29. The maximum atomic E-state index is 10.6. The summed E-state index contributed by atoms with van der Waals surface area (Å²) >= 11 is 0. The van der Waals surface area contributed by atoms with Gasteiger partial charge in [-0.1, -0.05) is 6.92 Å². The highest BCUT2D eigenvalue weighted by atomic mass is 16.2. The average Bonchev–Trinajstić information content (AvgIpc) is 2.04. The molecule has 0 aliphatic heterocycles.